The largest absolute Gasteiger partial charge is 0.469 e. The van der Waals surface area contributed by atoms with Gasteiger partial charge in [0.15, 0.2) is 0 Å². The van der Waals surface area contributed by atoms with E-state index in [0.29, 0.717) is 0 Å². The van der Waals surface area contributed by atoms with Gasteiger partial charge in [0, 0.05) is 13.1 Å². The van der Waals surface area contributed by atoms with E-state index in [4.69, 9.17) is 4.74 Å². The fourth-order valence-electron chi connectivity index (χ4n) is 2.58. The summed E-state index contributed by atoms with van der Waals surface area (Å²) in [7, 11) is 1.49. The molecular formula is C10H18ClNO2S. The lowest BCUT2D eigenvalue weighted by Gasteiger charge is -2.36. The predicted molar refractivity (Wildman–Crippen MR) is 64.6 cm³/mol. The summed E-state index contributed by atoms with van der Waals surface area (Å²) in [5, 5.41) is 3.34. The number of methoxy groups -OCH3 is 1. The van der Waals surface area contributed by atoms with Gasteiger partial charge in [0.05, 0.1) is 13.0 Å². The molecule has 15 heavy (non-hydrogen) atoms. The molecule has 2 fully saturated rings. The van der Waals surface area contributed by atoms with Crippen molar-refractivity contribution in [1.82, 2.24) is 5.32 Å². The molecule has 2 saturated heterocycles. The van der Waals surface area contributed by atoms with Crippen LogP contribution in [-0.2, 0) is 9.53 Å². The number of rotatable bonds is 1. The average molecular weight is 252 g/mol. The van der Waals surface area contributed by atoms with Crippen molar-refractivity contribution in [2.45, 2.75) is 12.8 Å². The highest BCUT2D eigenvalue weighted by Crippen LogP contribution is 2.43. The van der Waals surface area contributed by atoms with Crippen LogP contribution in [0.15, 0.2) is 0 Å². The first-order valence-corrected chi connectivity index (χ1v) is 6.30. The highest BCUT2D eigenvalue weighted by molar-refractivity contribution is 7.99. The third-order valence-corrected chi connectivity index (χ3v) is 4.52. The van der Waals surface area contributed by atoms with Crippen LogP contribution in [0.2, 0.25) is 0 Å². The van der Waals surface area contributed by atoms with E-state index in [1.807, 2.05) is 11.8 Å². The molecule has 2 heterocycles. The summed E-state index contributed by atoms with van der Waals surface area (Å²) in [6, 6.07) is 0. The number of ether oxygens (including phenoxy) is 1. The van der Waals surface area contributed by atoms with E-state index >= 15 is 0 Å². The smallest absolute Gasteiger partial charge is 0.310 e. The minimum Gasteiger partial charge on any atom is -0.469 e. The Balaban J connectivity index is 0.00000112. The molecule has 0 aromatic heterocycles. The van der Waals surface area contributed by atoms with Crippen molar-refractivity contribution in [3.63, 3.8) is 0 Å². The molecular weight excluding hydrogens is 234 g/mol. The standard InChI is InChI=1S/C10H17NO2S.ClH/c1-13-9(12)8-6-11-7-10(8)2-4-14-5-3-10;/h8,11H,2-7H2,1H3;1H. The van der Waals surface area contributed by atoms with Crippen molar-refractivity contribution in [2.24, 2.45) is 11.3 Å². The van der Waals surface area contributed by atoms with E-state index in [-0.39, 0.29) is 29.7 Å². The topological polar surface area (TPSA) is 38.3 Å². The molecule has 0 bridgehead atoms. The maximum absolute atomic E-state index is 11.6. The Bertz CT molecular complexity index is 231. The lowest BCUT2D eigenvalue weighted by atomic mass is 9.73. The number of nitrogens with one attached hydrogen (secondary N) is 1. The van der Waals surface area contributed by atoms with E-state index in [9.17, 15) is 4.79 Å². The Hall–Kier alpha value is 0.0700. The van der Waals surface area contributed by atoms with Crippen LogP contribution in [0.3, 0.4) is 0 Å². The predicted octanol–water partition coefficient (Wildman–Crippen LogP) is 1.31. The SMILES string of the molecule is COC(=O)C1CNCC12CCSCC2.Cl. The molecule has 1 unspecified atom stereocenters. The van der Waals surface area contributed by atoms with E-state index in [1.165, 1.54) is 18.6 Å². The van der Waals surface area contributed by atoms with Gasteiger partial charge in [-0.3, -0.25) is 4.79 Å². The van der Waals surface area contributed by atoms with Crippen LogP contribution in [0, 0.1) is 11.3 Å². The van der Waals surface area contributed by atoms with Crippen molar-refractivity contribution in [3.05, 3.63) is 0 Å². The molecule has 88 valence electrons. The maximum atomic E-state index is 11.6. The Morgan fingerprint density at radius 3 is 2.73 bits per heavy atom. The Morgan fingerprint density at radius 1 is 1.47 bits per heavy atom. The van der Waals surface area contributed by atoms with Crippen LogP contribution < -0.4 is 5.32 Å². The number of esters is 1. The zero-order chi connectivity index (χ0) is 10.0. The average Bonchev–Trinajstić information content (AvgIpc) is 2.62. The first-order chi connectivity index (χ1) is 6.78. The third-order valence-electron chi connectivity index (χ3n) is 3.54. The first-order valence-electron chi connectivity index (χ1n) is 5.15. The number of thioether (sulfide) groups is 1. The minimum absolute atomic E-state index is 0. The van der Waals surface area contributed by atoms with Gasteiger partial charge in [0.2, 0.25) is 0 Å². The van der Waals surface area contributed by atoms with Gasteiger partial charge in [0.25, 0.3) is 0 Å². The fourth-order valence-corrected chi connectivity index (χ4v) is 3.89. The maximum Gasteiger partial charge on any atom is 0.310 e. The van der Waals surface area contributed by atoms with Gasteiger partial charge in [0.1, 0.15) is 0 Å². The summed E-state index contributed by atoms with van der Waals surface area (Å²) in [5.74, 6) is 2.44. The molecule has 0 amide bonds. The molecule has 3 nitrogen and oxygen atoms in total. The van der Waals surface area contributed by atoms with E-state index in [0.717, 1.165) is 25.9 Å². The zero-order valence-electron chi connectivity index (χ0n) is 8.95. The second kappa shape index (κ2) is 5.41. The molecule has 2 aliphatic heterocycles. The van der Waals surface area contributed by atoms with Crippen molar-refractivity contribution in [3.8, 4) is 0 Å². The minimum atomic E-state index is -0.0260. The highest BCUT2D eigenvalue weighted by Gasteiger charge is 2.47. The summed E-state index contributed by atoms with van der Waals surface area (Å²) in [4.78, 5) is 11.6. The summed E-state index contributed by atoms with van der Waals surface area (Å²) in [5.41, 5.74) is 0.207. The first kappa shape index (κ1) is 13.1. The molecule has 2 rings (SSSR count). The van der Waals surface area contributed by atoms with Gasteiger partial charge in [-0.15, -0.1) is 12.4 Å². The monoisotopic (exact) mass is 251 g/mol. The number of hydrogen-bond donors (Lipinski definition) is 1. The highest BCUT2D eigenvalue weighted by atomic mass is 35.5. The molecule has 0 aromatic carbocycles. The lowest BCUT2D eigenvalue weighted by Crippen LogP contribution is -2.38. The van der Waals surface area contributed by atoms with Gasteiger partial charge in [-0.05, 0) is 29.8 Å². The number of hydrogen-bond acceptors (Lipinski definition) is 4. The van der Waals surface area contributed by atoms with Crippen LogP contribution in [0.4, 0.5) is 0 Å². The normalized spacial score (nSPS) is 28.5. The summed E-state index contributed by atoms with van der Waals surface area (Å²) >= 11 is 2.00. The zero-order valence-corrected chi connectivity index (χ0v) is 10.6. The lowest BCUT2D eigenvalue weighted by molar-refractivity contribution is -0.148. The van der Waals surface area contributed by atoms with Gasteiger partial charge < -0.3 is 10.1 Å². The summed E-state index contributed by atoms with van der Waals surface area (Å²) < 4.78 is 4.88. The Kier molecular flexibility index (Phi) is 4.74. The molecule has 0 saturated carbocycles. The third kappa shape index (κ3) is 2.43. The van der Waals surface area contributed by atoms with Gasteiger partial charge in [-0.25, -0.2) is 0 Å². The van der Waals surface area contributed by atoms with E-state index in [1.54, 1.807) is 0 Å². The van der Waals surface area contributed by atoms with Crippen LogP contribution in [-0.4, -0.2) is 37.7 Å². The van der Waals surface area contributed by atoms with Crippen LogP contribution in [0.25, 0.3) is 0 Å². The number of carbonyl (C=O) groups is 1. The quantitative estimate of drug-likeness (QED) is 0.714. The molecule has 0 radical (unpaired) electrons. The molecule has 2 aliphatic rings. The van der Waals surface area contributed by atoms with Crippen molar-refractivity contribution < 1.29 is 9.53 Å². The van der Waals surface area contributed by atoms with Gasteiger partial charge in [-0.2, -0.15) is 11.8 Å². The summed E-state index contributed by atoms with van der Waals surface area (Å²) in [6.07, 6.45) is 2.31. The summed E-state index contributed by atoms with van der Waals surface area (Å²) in [6.45, 7) is 1.80. The Morgan fingerprint density at radius 2 is 2.13 bits per heavy atom. The number of carbonyl (C=O) groups excluding carboxylic acids is 1. The van der Waals surface area contributed by atoms with Crippen LogP contribution in [0.5, 0.6) is 0 Å². The molecule has 0 aromatic rings. The number of halogens is 1. The molecule has 1 N–H and O–H groups in total. The molecule has 1 atom stereocenters. The van der Waals surface area contributed by atoms with Crippen LogP contribution in [0.1, 0.15) is 12.8 Å². The van der Waals surface area contributed by atoms with Crippen molar-refractivity contribution >= 4 is 30.1 Å². The van der Waals surface area contributed by atoms with E-state index < -0.39 is 0 Å². The Labute approximate surface area is 101 Å². The van der Waals surface area contributed by atoms with Gasteiger partial charge >= 0.3 is 5.97 Å². The molecule has 0 aliphatic carbocycles. The van der Waals surface area contributed by atoms with E-state index in [2.05, 4.69) is 5.32 Å². The van der Waals surface area contributed by atoms with Crippen molar-refractivity contribution in [1.29, 1.82) is 0 Å². The van der Waals surface area contributed by atoms with Crippen LogP contribution >= 0.6 is 24.2 Å². The fraction of sp³-hybridized carbons (Fsp3) is 0.900. The van der Waals surface area contributed by atoms with Gasteiger partial charge in [-0.1, -0.05) is 0 Å². The van der Waals surface area contributed by atoms with Crippen molar-refractivity contribution in [2.75, 3.05) is 31.7 Å². The molecule has 5 heteroatoms. The molecule has 1 spiro atoms. The second-order valence-electron chi connectivity index (χ2n) is 4.18. The second-order valence-corrected chi connectivity index (χ2v) is 5.41.